The molecule has 0 spiro atoms. The second-order valence-electron chi connectivity index (χ2n) is 6.58. The van der Waals surface area contributed by atoms with Gasteiger partial charge in [0.25, 0.3) is 0 Å². The molecule has 0 radical (unpaired) electrons. The lowest BCUT2D eigenvalue weighted by atomic mass is 10.1. The van der Waals surface area contributed by atoms with E-state index in [0.717, 1.165) is 38.2 Å². The molecular weight excluding hydrogens is 290 g/mol. The minimum atomic E-state index is 0.281. The van der Waals surface area contributed by atoms with Gasteiger partial charge in [0, 0.05) is 38.1 Å². The molecule has 1 aromatic carbocycles. The highest BCUT2D eigenvalue weighted by Crippen LogP contribution is 2.34. The number of aromatic nitrogens is 2. The first kappa shape index (κ1) is 14.9. The van der Waals surface area contributed by atoms with Crippen LogP contribution in [-0.4, -0.2) is 51.7 Å². The van der Waals surface area contributed by atoms with Gasteiger partial charge in [-0.15, -0.1) is 0 Å². The second-order valence-corrected chi connectivity index (χ2v) is 6.58. The number of benzene rings is 1. The first-order chi connectivity index (χ1) is 11.3. The summed E-state index contributed by atoms with van der Waals surface area (Å²) in [6.07, 6.45) is 6.08. The fourth-order valence-electron chi connectivity index (χ4n) is 3.88. The van der Waals surface area contributed by atoms with Crippen LogP contribution < -0.4 is 0 Å². The summed E-state index contributed by atoms with van der Waals surface area (Å²) in [5.41, 5.74) is 2.40. The Balaban J connectivity index is 1.45. The molecule has 5 heteroatoms. The van der Waals surface area contributed by atoms with Gasteiger partial charge in [0.1, 0.15) is 0 Å². The van der Waals surface area contributed by atoms with E-state index in [2.05, 4.69) is 34.3 Å². The monoisotopic (exact) mass is 313 g/mol. The normalized spacial score (nSPS) is 28.0. The Morgan fingerprint density at radius 1 is 1.22 bits per heavy atom. The molecule has 4 rings (SSSR count). The summed E-state index contributed by atoms with van der Waals surface area (Å²) in [6, 6.07) is 11.0. The van der Waals surface area contributed by atoms with Crippen LogP contribution in [0.15, 0.2) is 42.7 Å². The van der Waals surface area contributed by atoms with Crippen molar-refractivity contribution in [3.8, 4) is 5.69 Å². The van der Waals surface area contributed by atoms with E-state index >= 15 is 0 Å². The van der Waals surface area contributed by atoms with Gasteiger partial charge in [-0.3, -0.25) is 4.90 Å². The van der Waals surface area contributed by atoms with Gasteiger partial charge in [0.15, 0.2) is 0 Å². The van der Waals surface area contributed by atoms with Gasteiger partial charge in [0.2, 0.25) is 0 Å². The molecule has 2 aromatic rings. The summed E-state index contributed by atoms with van der Waals surface area (Å²) in [6.45, 7) is 3.00. The molecule has 3 atom stereocenters. The Morgan fingerprint density at radius 2 is 2.09 bits per heavy atom. The summed E-state index contributed by atoms with van der Waals surface area (Å²) in [7, 11) is 0. The van der Waals surface area contributed by atoms with E-state index in [-0.39, 0.29) is 6.61 Å². The van der Waals surface area contributed by atoms with E-state index in [1.165, 1.54) is 5.56 Å². The summed E-state index contributed by atoms with van der Waals surface area (Å²) in [5, 5.41) is 13.7. The number of fused-ring (bicyclic) bond motifs is 1. The predicted octanol–water partition coefficient (Wildman–Crippen LogP) is 1.84. The van der Waals surface area contributed by atoms with Gasteiger partial charge in [-0.05, 0) is 42.5 Å². The number of hydrogen-bond acceptors (Lipinski definition) is 4. The molecule has 2 aliphatic rings. The molecule has 1 saturated heterocycles. The minimum absolute atomic E-state index is 0.281. The van der Waals surface area contributed by atoms with Crippen molar-refractivity contribution in [1.29, 1.82) is 0 Å². The maximum absolute atomic E-state index is 9.43. The molecule has 0 amide bonds. The molecule has 1 aliphatic heterocycles. The average molecular weight is 313 g/mol. The molecule has 1 aromatic heterocycles. The maximum Gasteiger partial charge on any atom is 0.0734 e. The van der Waals surface area contributed by atoms with Crippen molar-refractivity contribution in [2.24, 2.45) is 5.92 Å². The van der Waals surface area contributed by atoms with Crippen LogP contribution in [0.5, 0.6) is 0 Å². The molecule has 2 heterocycles. The Hall–Kier alpha value is -1.69. The largest absolute Gasteiger partial charge is 0.396 e. The Bertz CT molecular complexity index is 626. The lowest BCUT2D eigenvalue weighted by Crippen LogP contribution is -2.47. The van der Waals surface area contributed by atoms with Crippen molar-refractivity contribution in [3.63, 3.8) is 0 Å². The molecule has 1 unspecified atom stereocenters. The average Bonchev–Trinajstić information content (AvgIpc) is 3.25. The molecule has 23 heavy (non-hydrogen) atoms. The third-order valence-electron chi connectivity index (χ3n) is 5.10. The van der Waals surface area contributed by atoms with Crippen molar-refractivity contribution in [2.45, 2.75) is 31.5 Å². The van der Waals surface area contributed by atoms with Gasteiger partial charge in [-0.2, -0.15) is 5.10 Å². The Morgan fingerprint density at radius 3 is 2.83 bits per heavy atom. The van der Waals surface area contributed by atoms with Crippen LogP contribution in [0.4, 0.5) is 0 Å². The fraction of sp³-hybridized carbons (Fsp3) is 0.500. The Kier molecular flexibility index (Phi) is 4.16. The van der Waals surface area contributed by atoms with Crippen LogP contribution in [0.3, 0.4) is 0 Å². The van der Waals surface area contributed by atoms with Gasteiger partial charge in [-0.1, -0.05) is 12.1 Å². The number of rotatable bonds is 4. The number of nitrogens with zero attached hydrogens (tertiary/aromatic N) is 3. The molecule has 0 bridgehead atoms. The number of morpholine rings is 1. The van der Waals surface area contributed by atoms with Crippen LogP contribution in [0, 0.1) is 5.92 Å². The molecule has 2 fully saturated rings. The highest BCUT2D eigenvalue weighted by molar-refractivity contribution is 5.33. The van der Waals surface area contributed by atoms with Crippen molar-refractivity contribution < 1.29 is 9.84 Å². The van der Waals surface area contributed by atoms with Crippen LogP contribution in [0.25, 0.3) is 5.69 Å². The first-order valence-electron chi connectivity index (χ1n) is 8.39. The number of ether oxygens (including phenoxy) is 1. The number of hydrogen-bond donors (Lipinski definition) is 1. The highest BCUT2D eigenvalue weighted by atomic mass is 16.5. The summed E-state index contributed by atoms with van der Waals surface area (Å²) in [4.78, 5) is 2.52. The van der Waals surface area contributed by atoms with Gasteiger partial charge < -0.3 is 9.84 Å². The van der Waals surface area contributed by atoms with Crippen LogP contribution >= 0.6 is 0 Å². The zero-order valence-corrected chi connectivity index (χ0v) is 13.2. The molecular formula is C18H23N3O2. The van der Waals surface area contributed by atoms with Crippen LogP contribution in [-0.2, 0) is 11.3 Å². The fourth-order valence-corrected chi connectivity index (χ4v) is 3.88. The van der Waals surface area contributed by atoms with Crippen molar-refractivity contribution in [1.82, 2.24) is 14.7 Å². The smallest absolute Gasteiger partial charge is 0.0734 e. The lowest BCUT2D eigenvalue weighted by molar-refractivity contribution is -0.0590. The highest BCUT2D eigenvalue weighted by Gasteiger charge is 2.40. The zero-order chi connectivity index (χ0) is 15.6. The summed E-state index contributed by atoms with van der Waals surface area (Å²) in [5.74, 6) is 0.396. The van der Waals surface area contributed by atoms with Gasteiger partial charge >= 0.3 is 0 Å². The summed E-state index contributed by atoms with van der Waals surface area (Å²) >= 11 is 0. The molecule has 5 nitrogen and oxygen atoms in total. The van der Waals surface area contributed by atoms with E-state index in [4.69, 9.17) is 4.74 Å². The van der Waals surface area contributed by atoms with Crippen molar-refractivity contribution in [2.75, 3.05) is 19.8 Å². The maximum atomic E-state index is 9.43. The van der Waals surface area contributed by atoms with E-state index in [0.29, 0.717) is 18.1 Å². The van der Waals surface area contributed by atoms with Crippen molar-refractivity contribution in [3.05, 3.63) is 48.3 Å². The zero-order valence-electron chi connectivity index (χ0n) is 13.2. The van der Waals surface area contributed by atoms with Gasteiger partial charge in [-0.25, -0.2) is 4.68 Å². The minimum Gasteiger partial charge on any atom is -0.396 e. The predicted molar refractivity (Wildman–Crippen MR) is 87.3 cm³/mol. The molecule has 122 valence electrons. The van der Waals surface area contributed by atoms with E-state index in [9.17, 15) is 5.11 Å². The van der Waals surface area contributed by atoms with Crippen LogP contribution in [0.2, 0.25) is 0 Å². The molecule has 1 saturated carbocycles. The molecule has 1 aliphatic carbocycles. The second kappa shape index (κ2) is 6.43. The lowest BCUT2D eigenvalue weighted by Gasteiger charge is -2.37. The number of aliphatic hydroxyl groups is 1. The van der Waals surface area contributed by atoms with Gasteiger partial charge in [0.05, 0.1) is 18.4 Å². The SMILES string of the molecule is OC[C@H]1CC2OCCN(Cc3ccc(-n4cccn4)cc3)[C@H]2C1. The summed E-state index contributed by atoms with van der Waals surface area (Å²) < 4.78 is 7.78. The number of aliphatic hydroxyl groups excluding tert-OH is 1. The topological polar surface area (TPSA) is 50.5 Å². The standard InChI is InChI=1S/C18H23N3O2/c22-13-15-10-17-18(11-15)23-9-8-20(17)12-14-2-4-16(5-3-14)21-7-1-6-19-21/h1-7,15,17-18,22H,8-13H2/t15-,17+,18?/m1/s1. The Labute approximate surface area is 136 Å². The van der Waals surface area contributed by atoms with E-state index in [1.807, 2.05) is 16.9 Å². The van der Waals surface area contributed by atoms with E-state index < -0.39 is 0 Å². The van der Waals surface area contributed by atoms with E-state index in [1.54, 1.807) is 6.20 Å². The third kappa shape index (κ3) is 3.04. The molecule has 1 N–H and O–H groups in total. The van der Waals surface area contributed by atoms with Crippen LogP contribution in [0.1, 0.15) is 18.4 Å². The third-order valence-corrected chi connectivity index (χ3v) is 5.10. The first-order valence-corrected chi connectivity index (χ1v) is 8.39. The van der Waals surface area contributed by atoms with Crippen molar-refractivity contribution >= 4 is 0 Å². The quantitative estimate of drug-likeness (QED) is 0.936.